The Morgan fingerprint density at radius 1 is 1.25 bits per heavy atom. The predicted molar refractivity (Wildman–Crippen MR) is 110 cm³/mol. The summed E-state index contributed by atoms with van der Waals surface area (Å²) in [5.41, 5.74) is 3.69. The highest BCUT2D eigenvalue weighted by atomic mass is 35.5. The maximum Gasteiger partial charge on any atom is 0.261 e. The van der Waals surface area contributed by atoms with Crippen molar-refractivity contribution in [3.8, 4) is 5.75 Å². The monoisotopic (exact) mass is 421 g/mol. The number of rotatable bonds is 6. The lowest BCUT2D eigenvalue weighted by atomic mass is 10.1. The first-order chi connectivity index (χ1) is 13.5. The molecule has 0 radical (unpaired) electrons. The van der Waals surface area contributed by atoms with Gasteiger partial charge in [0.1, 0.15) is 5.75 Å². The van der Waals surface area contributed by atoms with Crippen LogP contribution in [-0.4, -0.2) is 33.2 Å². The minimum Gasteiger partial charge on any atom is -0.482 e. The quantitative estimate of drug-likeness (QED) is 0.686. The van der Waals surface area contributed by atoms with Gasteiger partial charge in [0.05, 0.1) is 17.3 Å². The fourth-order valence-corrected chi connectivity index (χ4v) is 4.90. The van der Waals surface area contributed by atoms with Gasteiger partial charge in [-0.1, -0.05) is 36.0 Å². The van der Waals surface area contributed by atoms with E-state index in [1.807, 2.05) is 16.6 Å². The molecule has 2 aliphatic rings. The van der Waals surface area contributed by atoms with E-state index in [0.29, 0.717) is 22.3 Å². The van der Waals surface area contributed by atoms with Crippen LogP contribution in [0, 0.1) is 0 Å². The fraction of sp³-hybridized carbons (Fsp3) is 0.524. The number of nitrogens with zero attached hydrogens (tertiary/aromatic N) is 3. The number of carbonyl (C=O) groups excluding carboxylic acids is 1. The van der Waals surface area contributed by atoms with Crippen molar-refractivity contribution in [2.24, 2.45) is 7.05 Å². The number of ether oxygens (including phenoxy) is 1. The number of benzene rings is 1. The molecule has 1 aromatic carbocycles. The summed E-state index contributed by atoms with van der Waals surface area (Å²) in [7, 11) is 2.00. The standard InChI is InChI=1S/C21H25Cl2N3O2/c1-25-19-8-4-7-16(19)18(24-25)12-26(15-5-2-3-6-15)21(27)13-28-20-10-9-14(22)11-17(20)23/h9-11,15H,2-8,12-13H2,1H3. The van der Waals surface area contributed by atoms with Crippen LogP contribution in [0.5, 0.6) is 5.75 Å². The van der Waals surface area contributed by atoms with Gasteiger partial charge in [-0.25, -0.2) is 0 Å². The normalized spacial score (nSPS) is 16.4. The summed E-state index contributed by atoms with van der Waals surface area (Å²) in [6.07, 6.45) is 7.72. The lowest BCUT2D eigenvalue weighted by Gasteiger charge is -2.28. The van der Waals surface area contributed by atoms with Crippen molar-refractivity contribution in [3.63, 3.8) is 0 Å². The van der Waals surface area contributed by atoms with E-state index < -0.39 is 0 Å². The van der Waals surface area contributed by atoms with Crippen molar-refractivity contribution in [2.45, 2.75) is 57.5 Å². The average Bonchev–Trinajstić information content (AvgIpc) is 3.39. The molecule has 150 valence electrons. The van der Waals surface area contributed by atoms with E-state index in [9.17, 15) is 4.79 Å². The van der Waals surface area contributed by atoms with Gasteiger partial charge in [-0.15, -0.1) is 0 Å². The van der Waals surface area contributed by atoms with Crippen molar-refractivity contribution >= 4 is 29.1 Å². The number of hydrogen-bond donors (Lipinski definition) is 0. The van der Waals surface area contributed by atoms with Gasteiger partial charge >= 0.3 is 0 Å². The van der Waals surface area contributed by atoms with Gasteiger partial charge in [-0.3, -0.25) is 9.48 Å². The summed E-state index contributed by atoms with van der Waals surface area (Å²) in [6.45, 7) is 0.525. The number of aryl methyl sites for hydroxylation is 1. The van der Waals surface area contributed by atoms with Crippen LogP contribution in [0.4, 0.5) is 0 Å². The molecule has 4 rings (SSSR count). The molecule has 1 amide bonds. The van der Waals surface area contributed by atoms with Gasteiger partial charge in [-0.2, -0.15) is 5.10 Å². The first kappa shape index (κ1) is 19.6. The first-order valence-corrected chi connectivity index (χ1v) is 10.7. The zero-order valence-electron chi connectivity index (χ0n) is 16.1. The van der Waals surface area contributed by atoms with Gasteiger partial charge in [0.2, 0.25) is 0 Å². The molecule has 0 spiro atoms. The zero-order chi connectivity index (χ0) is 19.7. The molecule has 2 aliphatic carbocycles. The Morgan fingerprint density at radius 3 is 2.79 bits per heavy atom. The van der Waals surface area contributed by atoms with E-state index in [2.05, 4.69) is 0 Å². The highest BCUT2D eigenvalue weighted by molar-refractivity contribution is 6.35. The van der Waals surface area contributed by atoms with Crippen molar-refractivity contribution in [1.82, 2.24) is 14.7 Å². The van der Waals surface area contributed by atoms with E-state index >= 15 is 0 Å². The maximum absolute atomic E-state index is 13.1. The smallest absolute Gasteiger partial charge is 0.261 e. The van der Waals surface area contributed by atoms with Crippen LogP contribution in [0.15, 0.2) is 18.2 Å². The van der Waals surface area contributed by atoms with Crippen molar-refractivity contribution in [3.05, 3.63) is 45.2 Å². The molecule has 1 aromatic heterocycles. The minimum atomic E-state index is -0.0348. The highest BCUT2D eigenvalue weighted by Gasteiger charge is 2.30. The van der Waals surface area contributed by atoms with Crippen LogP contribution < -0.4 is 4.74 Å². The lowest BCUT2D eigenvalue weighted by molar-refractivity contribution is -0.136. The van der Waals surface area contributed by atoms with E-state index in [4.69, 9.17) is 33.0 Å². The van der Waals surface area contributed by atoms with Gasteiger partial charge in [0.25, 0.3) is 5.91 Å². The molecule has 28 heavy (non-hydrogen) atoms. The molecule has 0 unspecified atom stereocenters. The summed E-state index contributed by atoms with van der Waals surface area (Å²) < 4.78 is 7.71. The van der Waals surface area contributed by atoms with Gasteiger partial charge in [-0.05, 0) is 55.9 Å². The highest BCUT2D eigenvalue weighted by Crippen LogP contribution is 2.30. The second kappa shape index (κ2) is 8.34. The number of amides is 1. The summed E-state index contributed by atoms with van der Waals surface area (Å²) in [4.78, 5) is 15.1. The SMILES string of the molecule is Cn1nc(CN(C(=O)COc2ccc(Cl)cc2Cl)C2CCCC2)c2c1CCC2. The Labute approximate surface area is 175 Å². The van der Waals surface area contributed by atoms with E-state index in [0.717, 1.165) is 31.4 Å². The minimum absolute atomic E-state index is 0.0182. The molecule has 1 fully saturated rings. The van der Waals surface area contributed by atoms with Gasteiger partial charge in [0.15, 0.2) is 6.61 Å². The Bertz CT molecular complexity index is 875. The van der Waals surface area contributed by atoms with Crippen LogP contribution in [0.3, 0.4) is 0 Å². The van der Waals surface area contributed by atoms with E-state index in [1.54, 1.807) is 18.2 Å². The van der Waals surface area contributed by atoms with Crippen LogP contribution in [0.25, 0.3) is 0 Å². The lowest BCUT2D eigenvalue weighted by Crippen LogP contribution is -2.41. The van der Waals surface area contributed by atoms with Crippen molar-refractivity contribution in [2.75, 3.05) is 6.61 Å². The van der Waals surface area contributed by atoms with Crippen molar-refractivity contribution in [1.29, 1.82) is 0 Å². The van der Waals surface area contributed by atoms with E-state index in [-0.39, 0.29) is 18.6 Å². The largest absolute Gasteiger partial charge is 0.482 e. The fourth-order valence-electron chi connectivity index (χ4n) is 4.44. The average molecular weight is 422 g/mol. The third-order valence-electron chi connectivity index (χ3n) is 5.85. The first-order valence-electron chi connectivity index (χ1n) is 9.94. The molecule has 2 aromatic rings. The molecule has 0 saturated heterocycles. The van der Waals surface area contributed by atoms with Crippen LogP contribution in [0.1, 0.15) is 49.1 Å². The predicted octanol–water partition coefficient (Wildman–Crippen LogP) is 4.57. The molecular weight excluding hydrogens is 397 g/mol. The molecule has 7 heteroatoms. The number of fused-ring (bicyclic) bond motifs is 1. The Kier molecular flexibility index (Phi) is 5.83. The summed E-state index contributed by atoms with van der Waals surface area (Å²) in [5, 5.41) is 5.67. The number of halogens is 2. The molecule has 0 atom stereocenters. The molecule has 1 saturated carbocycles. The zero-order valence-corrected chi connectivity index (χ0v) is 17.6. The number of carbonyl (C=O) groups is 1. The number of hydrogen-bond acceptors (Lipinski definition) is 3. The van der Waals surface area contributed by atoms with Crippen LogP contribution >= 0.6 is 23.2 Å². The molecule has 1 heterocycles. The maximum atomic E-state index is 13.1. The molecule has 0 N–H and O–H groups in total. The second-order valence-corrected chi connectivity index (χ2v) is 8.52. The third kappa shape index (κ3) is 4.01. The van der Waals surface area contributed by atoms with Crippen LogP contribution in [-0.2, 0) is 31.2 Å². The van der Waals surface area contributed by atoms with Gasteiger partial charge in [0, 0.05) is 23.8 Å². The van der Waals surface area contributed by atoms with Gasteiger partial charge < -0.3 is 9.64 Å². The Balaban J connectivity index is 1.49. The van der Waals surface area contributed by atoms with Crippen molar-refractivity contribution < 1.29 is 9.53 Å². The molecule has 0 bridgehead atoms. The third-order valence-corrected chi connectivity index (χ3v) is 6.38. The Morgan fingerprint density at radius 2 is 2.04 bits per heavy atom. The summed E-state index contributed by atoms with van der Waals surface area (Å²) in [5.74, 6) is 0.458. The molecule has 5 nitrogen and oxygen atoms in total. The second-order valence-electron chi connectivity index (χ2n) is 7.67. The number of aromatic nitrogens is 2. The summed E-state index contributed by atoms with van der Waals surface area (Å²) >= 11 is 12.1. The Hall–Kier alpha value is -1.72. The summed E-state index contributed by atoms with van der Waals surface area (Å²) in [6, 6.07) is 5.29. The van der Waals surface area contributed by atoms with E-state index in [1.165, 1.54) is 30.5 Å². The topological polar surface area (TPSA) is 47.4 Å². The molecule has 0 aliphatic heterocycles. The van der Waals surface area contributed by atoms with Crippen LogP contribution in [0.2, 0.25) is 10.0 Å². The molecular formula is C21H25Cl2N3O2.